The highest BCUT2D eigenvalue weighted by Crippen LogP contribution is 2.34. The third-order valence-electron chi connectivity index (χ3n) is 3.96. The molecule has 0 aliphatic heterocycles. The quantitative estimate of drug-likeness (QED) is 0.651. The second kappa shape index (κ2) is 6.64. The normalized spacial score (nSPS) is 15.7. The molecule has 1 aromatic carbocycles. The van der Waals surface area contributed by atoms with Gasteiger partial charge in [0.15, 0.2) is 0 Å². The molecule has 0 spiro atoms. The summed E-state index contributed by atoms with van der Waals surface area (Å²) in [5, 5.41) is 9.04. The predicted molar refractivity (Wildman–Crippen MR) is 83.8 cm³/mol. The minimum Gasteiger partial charge on any atom is -0.397 e. The van der Waals surface area contributed by atoms with E-state index in [4.69, 9.17) is 10.8 Å². The van der Waals surface area contributed by atoms with Crippen LogP contribution in [0.4, 0.5) is 11.4 Å². The standard InChI is InChI=1S/C14H23N3O3S/c1-16-21(19,20)12-6-7-14(13(15)10-12)17(8-3-9-18)11-4-2-5-11/h6-7,10-11,16,18H,2-5,8-9,15H2,1H3. The molecule has 0 aromatic heterocycles. The number of hydrogen-bond acceptors (Lipinski definition) is 5. The van der Waals surface area contributed by atoms with Gasteiger partial charge in [-0.15, -0.1) is 0 Å². The van der Waals surface area contributed by atoms with Gasteiger partial charge in [0.05, 0.1) is 16.3 Å². The molecule has 0 heterocycles. The van der Waals surface area contributed by atoms with Gasteiger partial charge in [-0.2, -0.15) is 0 Å². The number of hydrogen-bond donors (Lipinski definition) is 3. The molecule has 2 rings (SSSR count). The van der Waals surface area contributed by atoms with Gasteiger partial charge in [-0.05, 0) is 50.9 Å². The van der Waals surface area contributed by atoms with E-state index in [9.17, 15) is 8.42 Å². The number of nitrogens with two attached hydrogens (primary N) is 1. The van der Waals surface area contributed by atoms with Crippen molar-refractivity contribution >= 4 is 21.4 Å². The summed E-state index contributed by atoms with van der Waals surface area (Å²) < 4.78 is 25.9. The van der Waals surface area contributed by atoms with Gasteiger partial charge in [0.25, 0.3) is 0 Å². The third-order valence-corrected chi connectivity index (χ3v) is 5.37. The fourth-order valence-electron chi connectivity index (χ4n) is 2.52. The lowest BCUT2D eigenvalue weighted by atomic mass is 9.90. The van der Waals surface area contributed by atoms with Crippen molar-refractivity contribution in [2.24, 2.45) is 0 Å². The Hall–Kier alpha value is -1.31. The molecule has 1 fully saturated rings. The van der Waals surface area contributed by atoms with E-state index in [0.29, 0.717) is 18.2 Å². The van der Waals surface area contributed by atoms with E-state index in [0.717, 1.165) is 25.1 Å². The Bertz CT molecular complexity index is 585. The maximum Gasteiger partial charge on any atom is 0.240 e. The number of rotatable bonds is 7. The fraction of sp³-hybridized carbons (Fsp3) is 0.571. The van der Waals surface area contributed by atoms with Gasteiger partial charge in [-0.1, -0.05) is 0 Å². The van der Waals surface area contributed by atoms with Crippen LogP contribution in [-0.4, -0.2) is 39.8 Å². The van der Waals surface area contributed by atoms with E-state index >= 15 is 0 Å². The zero-order valence-electron chi connectivity index (χ0n) is 12.2. The number of anilines is 2. The molecule has 4 N–H and O–H groups in total. The van der Waals surface area contributed by atoms with Crippen molar-refractivity contribution < 1.29 is 13.5 Å². The van der Waals surface area contributed by atoms with Gasteiger partial charge in [0.2, 0.25) is 10.0 Å². The summed E-state index contributed by atoms with van der Waals surface area (Å²) in [7, 11) is -2.10. The molecule has 1 aromatic rings. The van der Waals surface area contributed by atoms with E-state index in [1.54, 1.807) is 12.1 Å². The number of sulfonamides is 1. The van der Waals surface area contributed by atoms with E-state index in [1.165, 1.54) is 19.5 Å². The first-order valence-corrected chi connectivity index (χ1v) is 8.68. The lowest BCUT2D eigenvalue weighted by Crippen LogP contribution is -2.41. The molecule has 0 amide bonds. The third kappa shape index (κ3) is 3.48. The number of aliphatic hydroxyl groups excluding tert-OH is 1. The van der Waals surface area contributed by atoms with Crippen LogP contribution in [0.1, 0.15) is 25.7 Å². The Balaban J connectivity index is 2.29. The van der Waals surface area contributed by atoms with Crippen molar-refractivity contribution in [3.8, 4) is 0 Å². The van der Waals surface area contributed by atoms with Gasteiger partial charge in [0.1, 0.15) is 0 Å². The van der Waals surface area contributed by atoms with Crippen LogP contribution >= 0.6 is 0 Å². The topological polar surface area (TPSA) is 95.7 Å². The van der Waals surface area contributed by atoms with Crippen LogP contribution in [0.2, 0.25) is 0 Å². The Morgan fingerprint density at radius 2 is 2.14 bits per heavy atom. The molecule has 0 atom stereocenters. The van der Waals surface area contributed by atoms with E-state index in [1.807, 2.05) is 0 Å². The van der Waals surface area contributed by atoms with Crippen molar-refractivity contribution in [2.45, 2.75) is 36.6 Å². The summed E-state index contributed by atoms with van der Waals surface area (Å²) in [4.78, 5) is 2.35. The summed E-state index contributed by atoms with van der Waals surface area (Å²) >= 11 is 0. The van der Waals surface area contributed by atoms with Gasteiger partial charge in [0, 0.05) is 19.2 Å². The molecule has 7 heteroatoms. The van der Waals surface area contributed by atoms with Crippen molar-refractivity contribution in [1.29, 1.82) is 0 Å². The van der Waals surface area contributed by atoms with Gasteiger partial charge in [-0.25, -0.2) is 13.1 Å². The molecule has 118 valence electrons. The summed E-state index contributed by atoms with van der Waals surface area (Å²) in [6.45, 7) is 0.860. The Labute approximate surface area is 126 Å². The van der Waals surface area contributed by atoms with Crippen LogP contribution in [0.25, 0.3) is 0 Å². The fourth-order valence-corrected chi connectivity index (χ4v) is 3.28. The van der Waals surface area contributed by atoms with E-state index in [2.05, 4.69) is 9.62 Å². The molecular weight excluding hydrogens is 290 g/mol. The summed E-state index contributed by atoms with van der Waals surface area (Å²) in [5.74, 6) is 0. The largest absolute Gasteiger partial charge is 0.397 e. The molecule has 1 saturated carbocycles. The van der Waals surface area contributed by atoms with Gasteiger partial charge < -0.3 is 15.7 Å². The highest BCUT2D eigenvalue weighted by molar-refractivity contribution is 7.89. The predicted octanol–water partition coefficient (Wildman–Crippen LogP) is 0.918. The molecule has 1 aliphatic rings. The zero-order valence-corrected chi connectivity index (χ0v) is 13.1. The van der Waals surface area contributed by atoms with Crippen LogP contribution in [0, 0.1) is 0 Å². The zero-order chi connectivity index (χ0) is 15.5. The highest BCUT2D eigenvalue weighted by Gasteiger charge is 2.26. The molecular formula is C14H23N3O3S. The van der Waals surface area contributed by atoms with Gasteiger partial charge in [-0.3, -0.25) is 0 Å². The number of benzene rings is 1. The molecule has 21 heavy (non-hydrogen) atoms. The lowest BCUT2D eigenvalue weighted by molar-refractivity contribution is 0.283. The second-order valence-corrected chi connectivity index (χ2v) is 7.17. The molecule has 0 unspecified atom stereocenters. The van der Waals surface area contributed by atoms with Crippen LogP contribution in [0.3, 0.4) is 0 Å². The Morgan fingerprint density at radius 3 is 2.62 bits per heavy atom. The van der Waals surface area contributed by atoms with E-state index < -0.39 is 10.0 Å². The molecule has 0 bridgehead atoms. The molecule has 6 nitrogen and oxygen atoms in total. The van der Waals surface area contributed by atoms with Crippen LogP contribution in [0.5, 0.6) is 0 Å². The Morgan fingerprint density at radius 1 is 1.43 bits per heavy atom. The average Bonchev–Trinajstić information content (AvgIpc) is 2.41. The summed E-state index contributed by atoms with van der Waals surface area (Å²) in [6, 6.07) is 5.26. The number of aliphatic hydroxyl groups is 1. The van der Waals surface area contributed by atoms with E-state index in [-0.39, 0.29) is 11.5 Å². The molecule has 0 radical (unpaired) electrons. The first-order valence-electron chi connectivity index (χ1n) is 7.20. The number of nitrogen functional groups attached to an aromatic ring is 1. The van der Waals surface area contributed by atoms with Crippen molar-refractivity contribution in [3.63, 3.8) is 0 Å². The molecule has 0 saturated heterocycles. The lowest BCUT2D eigenvalue weighted by Gasteiger charge is -2.40. The second-order valence-electron chi connectivity index (χ2n) is 5.28. The van der Waals surface area contributed by atoms with Crippen LogP contribution in [-0.2, 0) is 10.0 Å². The number of nitrogens with one attached hydrogen (secondary N) is 1. The Kier molecular flexibility index (Phi) is 5.08. The monoisotopic (exact) mass is 313 g/mol. The van der Waals surface area contributed by atoms with Crippen molar-refractivity contribution in [1.82, 2.24) is 4.72 Å². The maximum absolute atomic E-state index is 11.8. The summed E-state index contributed by atoms with van der Waals surface area (Å²) in [5.41, 5.74) is 7.37. The SMILES string of the molecule is CNS(=O)(=O)c1ccc(N(CCCO)C2CCC2)c(N)c1. The minimum atomic E-state index is -3.48. The first-order chi connectivity index (χ1) is 9.99. The highest BCUT2D eigenvalue weighted by atomic mass is 32.2. The number of nitrogens with zero attached hydrogens (tertiary/aromatic N) is 1. The van der Waals surface area contributed by atoms with Crippen molar-refractivity contribution in [2.75, 3.05) is 30.8 Å². The first kappa shape index (κ1) is 16.1. The smallest absolute Gasteiger partial charge is 0.240 e. The molecule has 1 aliphatic carbocycles. The average molecular weight is 313 g/mol. The van der Waals surface area contributed by atoms with Gasteiger partial charge >= 0.3 is 0 Å². The van der Waals surface area contributed by atoms with Crippen LogP contribution < -0.4 is 15.4 Å². The van der Waals surface area contributed by atoms with Crippen molar-refractivity contribution in [3.05, 3.63) is 18.2 Å². The van der Waals surface area contributed by atoms with Crippen LogP contribution in [0.15, 0.2) is 23.1 Å². The maximum atomic E-state index is 11.8. The summed E-state index contributed by atoms with van der Waals surface area (Å²) in [6.07, 6.45) is 4.10. The minimum absolute atomic E-state index is 0.134.